The van der Waals surface area contributed by atoms with Crippen molar-refractivity contribution < 1.29 is 23.4 Å². The van der Waals surface area contributed by atoms with Crippen molar-refractivity contribution in [2.24, 2.45) is 5.11 Å². The number of ether oxygens (including phenoxy) is 3. The van der Waals surface area contributed by atoms with E-state index in [-0.39, 0.29) is 30.9 Å². The second-order valence-electron chi connectivity index (χ2n) is 4.72. The molecule has 112 valence electrons. The first-order valence-corrected chi connectivity index (χ1v) is 6.15. The third-order valence-corrected chi connectivity index (χ3v) is 3.20. The Kier molecular flexibility index (Phi) is 4.30. The van der Waals surface area contributed by atoms with E-state index >= 15 is 0 Å². The van der Waals surface area contributed by atoms with Gasteiger partial charge < -0.3 is 14.2 Å². The van der Waals surface area contributed by atoms with Gasteiger partial charge in [-0.05, 0) is 17.7 Å². The number of benzene rings is 1. The molecule has 0 N–H and O–H groups in total. The van der Waals surface area contributed by atoms with Crippen LogP contribution >= 0.6 is 0 Å². The molecule has 7 nitrogen and oxygen atoms in total. The zero-order chi connectivity index (χ0) is 15.5. The lowest BCUT2D eigenvalue weighted by Gasteiger charge is -2.26. The molecular formula is C13H14FN3O4. The summed E-state index contributed by atoms with van der Waals surface area (Å²) in [5.74, 6) is -1.01. The number of hydrogen-bond acceptors (Lipinski definition) is 5. The molecule has 0 bridgehead atoms. The van der Waals surface area contributed by atoms with E-state index in [1.54, 1.807) is 0 Å². The molecule has 0 aromatic heterocycles. The van der Waals surface area contributed by atoms with Gasteiger partial charge in [-0.1, -0.05) is 5.11 Å². The van der Waals surface area contributed by atoms with Gasteiger partial charge in [0.15, 0.2) is 0 Å². The minimum absolute atomic E-state index is 0.00594. The molecule has 0 saturated carbocycles. The highest BCUT2D eigenvalue weighted by Crippen LogP contribution is 2.39. The zero-order valence-electron chi connectivity index (χ0n) is 11.6. The summed E-state index contributed by atoms with van der Waals surface area (Å²) in [4.78, 5) is 14.4. The molecule has 0 aliphatic carbocycles. The summed E-state index contributed by atoms with van der Waals surface area (Å²) in [6.45, 7) is 0.150. The first-order valence-electron chi connectivity index (χ1n) is 6.15. The van der Waals surface area contributed by atoms with E-state index in [2.05, 4.69) is 14.8 Å². The lowest BCUT2D eigenvalue weighted by atomic mass is 9.97. The molecule has 1 heterocycles. The van der Waals surface area contributed by atoms with Crippen molar-refractivity contribution in [3.05, 3.63) is 39.5 Å². The van der Waals surface area contributed by atoms with Gasteiger partial charge in [-0.25, -0.2) is 9.18 Å². The summed E-state index contributed by atoms with van der Waals surface area (Å²) in [6, 6.07) is 2.34. The van der Waals surface area contributed by atoms with Gasteiger partial charge in [-0.2, -0.15) is 0 Å². The van der Waals surface area contributed by atoms with Crippen LogP contribution in [-0.2, 0) is 15.9 Å². The Hall–Kier alpha value is -2.31. The van der Waals surface area contributed by atoms with E-state index in [1.165, 1.54) is 20.3 Å². The van der Waals surface area contributed by atoms with Crippen LogP contribution in [-0.4, -0.2) is 38.9 Å². The lowest BCUT2D eigenvalue weighted by Crippen LogP contribution is -2.42. The molecule has 2 rings (SSSR count). The van der Waals surface area contributed by atoms with Crippen molar-refractivity contribution in [2.75, 3.05) is 27.4 Å². The van der Waals surface area contributed by atoms with Crippen molar-refractivity contribution in [2.45, 2.75) is 12.0 Å². The molecule has 1 aromatic carbocycles. The van der Waals surface area contributed by atoms with Crippen molar-refractivity contribution in [3.8, 4) is 5.75 Å². The number of halogens is 1. The average Bonchev–Trinajstić information content (AvgIpc) is 2.82. The van der Waals surface area contributed by atoms with Gasteiger partial charge >= 0.3 is 5.97 Å². The van der Waals surface area contributed by atoms with Crippen molar-refractivity contribution in [1.82, 2.24) is 0 Å². The highest BCUT2D eigenvalue weighted by Gasteiger charge is 2.41. The molecule has 1 aliphatic heterocycles. The molecule has 0 radical (unpaired) electrons. The second kappa shape index (κ2) is 5.99. The number of nitrogens with zero attached hydrogens (tertiary/aromatic N) is 3. The van der Waals surface area contributed by atoms with Gasteiger partial charge in [0, 0.05) is 24.0 Å². The van der Waals surface area contributed by atoms with Gasteiger partial charge in [0.25, 0.3) is 0 Å². The Morgan fingerprint density at radius 3 is 2.95 bits per heavy atom. The minimum atomic E-state index is -0.945. The number of carbonyl (C=O) groups excluding carboxylic acids is 1. The van der Waals surface area contributed by atoms with Crippen LogP contribution in [0.2, 0.25) is 0 Å². The molecule has 1 aliphatic rings. The highest BCUT2D eigenvalue weighted by atomic mass is 19.1. The topological polar surface area (TPSA) is 93.5 Å². The third kappa shape index (κ3) is 2.91. The number of esters is 1. The number of rotatable bonds is 5. The fourth-order valence-corrected chi connectivity index (χ4v) is 2.40. The maximum Gasteiger partial charge on any atom is 0.341 e. The van der Waals surface area contributed by atoms with Crippen LogP contribution < -0.4 is 4.74 Å². The van der Waals surface area contributed by atoms with E-state index < -0.39 is 17.4 Å². The number of carbonyl (C=O) groups is 1. The number of hydrogen-bond donors (Lipinski definition) is 0. The van der Waals surface area contributed by atoms with Crippen LogP contribution in [0.3, 0.4) is 0 Å². The predicted molar refractivity (Wildman–Crippen MR) is 70.7 cm³/mol. The smallest absolute Gasteiger partial charge is 0.341 e. The maximum atomic E-state index is 13.6. The van der Waals surface area contributed by atoms with Gasteiger partial charge in [-0.15, -0.1) is 0 Å². The van der Waals surface area contributed by atoms with Crippen LogP contribution in [0.25, 0.3) is 10.4 Å². The Bertz CT molecular complexity index is 616. The molecular weight excluding hydrogens is 281 g/mol. The molecule has 0 fully saturated rings. The molecule has 21 heavy (non-hydrogen) atoms. The summed E-state index contributed by atoms with van der Waals surface area (Å²) in [5, 5.41) is 3.51. The normalized spacial score (nSPS) is 19.4. The van der Waals surface area contributed by atoms with E-state index in [1.807, 2.05) is 0 Å². The van der Waals surface area contributed by atoms with Gasteiger partial charge in [-0.3, -0.25) is 0 Å². The Labute approximate surface area is 120 Å². The molecule has 8 heteroatoms. The van der Waals surface area contributed by atoms with E-state index in [4.69, 9.17) is 15.0 Å². The summed E-state index contributed by atoms with van der Waals surface area (Å²) in [6.07, 6.45) is 0.275. The first kappa shape index (κ1) is 15.1. The molecule has 1 atom stereocenters. The highest BCUT2D eigenvalue weighted by molar-refractivity contribution is 5.93. The van der Waals surface area contributed by atoms with Crippen LogP contribution in [0.1, 0.15) is 15.9 Å². The third-order valence-electron chi connectivity index (χ3n) is 3.20. The second-order valence-corrected chi connectivity index (χ2v) is 4.72. The van der Waals surface area contributed by atoms with Gasteiger partial charge in [0.05, 0.1) is 20.3 Å². The average molecular weight is 295 g/mol. The lowest BCUT2D eigenvalue weighted by molar-refractivity contribution is 0.0121. The van der Waals surface area contributed by atoms with E-state index in [0.29, 0.717) is 5.56 Å². The fourth-order valence-electron chi connectivity index (χ4n) is 2.40. The van der Waals surface area contributed by atoms with Crippen molar-refractivity contribution in [3.63, 3.8) is 0 Å². The summed E-state index contributed by atoms with van der Waals surface area (Å²) in [5.41, 5.74) is 8.05. The SMILES string of the molecule is COCC1(CN=[N+]=[N-])Cc2cc(F)cc(C(=O)OC)c2O1. The Morgan fingerprint density at radius 1 is 1.57 bits per heavy atom. The van der Waals surface area contributed by atoms with Crippen molar-refractivity contribution in [1.29, 1.82) is 0 Å². The Balaban J connectivity index is 2.44. The molecule has 1 aromatic rings. The first-order chi connectivity index (χ1) is 10.0. The van der Waals surface area contributed by atoms with Crippen LogP contribution in [0.15, 0.2) is 17.2 Å². The molecule has 0 saturated heterocycles. The van der Waals surface area contributed by atoms with Crippen LogP contribution in [0.5, 0.6) is 5.75 Å². The molecule has 1 unspecified atom stereocenters. The van der Waals surface area contributed by atoms with Crippen LogP contribution in [0, 0.1) is 5.82 Å². The van der Waals surface area contributed by atoms with Gasteiger partial charge in [0.2, 0.25) is 0 Å². The molecule has 0 spiro atoms. The number of azide groups is 1. The van der Waals surface area contributed by atoms with Crippen molar-refractivity contribution >= 4 is 5.97 Å². The Morgan fingerprint density at radius 2 is 2.33 bits per heavy atom. The fraction of sp³-hybridized carbons (Fsp3) is 0.462. The van der Waals surface area contributed by atoms with Gasteiger partial charge in [0.1, 0.15) is 22.7 Å². The number of methoxy groups -OCH3 is 2. The maximum absolute atomic E-state index is 13.6. The largest absolute Gasteiger partial charge is 0.483 e. The monoisotopic (exact) mass is 295 g/mol. The number of fused-ring (bicyclic) bond motifs is 1. The predicted octanol–water partition coefficient (Wildman–Crippen LogP) is 2.24. The van der Waals surface area contributed by atoms with E-state index in [0.717, 1.165) is 6.07 Å². The summed E-state index contributed by atoms with van der Waals surface area (Å²) in [7, 11) is 2.68. The quantitative estimate of drug-likeness (QED) is 0.360. The summed E-state index contributed by atoms with van der Waals surface area (Å²) >= 11 is 0. The summed E-state index contributed by atoms with van der Waals surface area (Å²) < 4.78 is 29.1. The minimum Gasteiger partial charge on any atom is -0.483 e. The molecule has 0 amide bonds. The van der Waals surface area contributed by atoms with E-state index in [9.17, 15) is 9.18 Å². The van der Waals surface area contributed by atoms with Crippen LogP contribution in [0.4, 0.5) is 4.39 Å². The standard InChI is InChI=1S/C13H14FN3O4/c1-19-7-13(6-16-17-15)5-8-3-9(14)4-10(11(8)21-13)12(18)20-2/h3-4H,5-7H2,1-2H3. The zero-order valence-corrected chi connectivity index (χ0v) is 11.6.